The molecule has 1 fully saturated rings. The van der Waals surface area contributed by atoms with Gasteiger partial charge in [0.15, 0.2) is 0 Å². The summed E-state index contributed by atoms with van der Waals surface area (Å²) in [6, 6.07) is 5.75. The Morgan fingerprint density at radius 2 is 2.11 bits per heavy atom. The fourth-order valence-electron chi connectivity index (χ4n) is 2.61. The summed E-state index contributed by atoms with van der Waals surface area (Å²) < 4.78 is 0. The van der Waals surface area contributed by atoms with E-state index >= 15 is 0 Å². The minimum atomic E-state index is -0.0869. The van der Waals surface area contributed by atoms with E-state index in [0.29, 0.717) is 4.99 Å². The number of benzene rings is 1. The molecule has 1 saturated heterocycles. The smallest absolute Gasteiger partial charge is 0.254 e. The maximum atomic E-state index is 12.7. The summed E-state index contributed by atoms with van der Waals surface area (Å²) in [5.74, 6) is 0.0544. The van der Waals surface area contributed by atoms with Crippen LogP contribution >= 0.6 is 12.2 Å². The molecule has 1 aliphatic heterocycles. The van der Waals surface area contributed by atoms with Crippen molar-refractivity contribution in [3.63, 3.8) is 0 Å². The van der Waals surface area contributed by atoms with E-state index in [1.807, 2.05) is 36.9 Å². The number of amides is 1. The second-order valence-corrected chi connectivity index (χ2v) is 5.63. The molecule has 1 unspecified atom stereocenters. The lowest BCUT2D eigenvalue weighted by molar-refractivity contribution is 0.0680. The zero-order valence-electron chi connectivity index (χ0n) is 11.5. The molecule has 1 aromatic carbocycles. The topological polar surface area (TPSA) is 46.3 Å². The van der Waals surface area contributed by atoms with Crippen LogP contribution in [-0.2, 0) is 0 Å². The Kier molecular flexibility index (Phi) is 4.20. The van der Waals surface area contributed by atoms with E-state index in [4.69, 9.17) is 18.0 Å². The average molecular weight is 276 g/mol. The minimum Gasteiger partial charge on any atom is -0.392 e. The highest BCUT2D eigenvalue weighted by Gasteiger charge is 2.29. The van der Waals surface area contributed by atoms with Gasteiger partial charge in [-0.1, -0.05) is 24.4 Å². The second-order valence-electron chi connectivity index (χ2n) is 5.16. The number of hydrogen-bond acceptors (Lipinski definition) is 2. The molecule has 2 rings (SSSR count). The minimum absolute atomic E-state index is 0.0544. The summed E-state index contributed by atoms with van der Waals surface area (Å²) in [7, 11) is 0. The fraction of sp³-hybridized carbons (Fsp3) is 0.467. The van der Waals surface area contributed by atoms with Gasteiger partial charge < -0.3 is 10.6 Å². The third kappa shape index (κ3) is 2.78. The molecular formula is C15H20N2OS. The van der Waals surface area contributed by atoms with E-state index < -0.39 is 0 Å². The summed E-state index contributed by atoms with van der Waals surface area (Å²) in [4.78, 5) is 15.0. The van der Waals surface area contributed by atoms with Crippen LogP contribution in [0.5, 0.6) is 0 Å². The molecule has 1 aromatic rings. The first-order valence-electron chi connectivity index (χ1n) is 6.69. The van der Waals surface area contributed by atoms with Crippen LogP contribution in [0.25, 0.3) is 0 Å². The Morgan fingerprint density at radius 1 is 1.37 bits per heavy atom. The van der Waals surface area contributed by atoms with E-state index in [-0.39, 0.29) is 11.9 Å². The van der Waals surface area contributed by atoms with Gasteiger partial charge in [0.2, 0.25) is 0 Å². The lowest BCUT2D eigenvalue weighted by atomic mass is 9.98. The number of aryl methyl sites for hydroxylation is 1. The fourth-order valence-corrected chi connectivity index (χ4v) is 2.85. The van der Waals surface area contributed by atoms with Crippen molar-refractivity contribution in [3.8, 4) is 0 Å². The Morgan fingerprint density at radius 3 is 2.79 bits per heavy atom. The molecule has 0 saturated carbocycles. The highest BCUT2D eigenvalue weighted by Crippen LogP contribution is 2.22. The van der Waals surface area contributed by atoms with Gasteiger partial charge in [-0.2, -0.15) is 0 Å². The van der Waals surface area contributed by atoms with Gasteiger partial charge in [-0.3, -0.25) is 4.79 Å². The molecule has 0 aromatic heterocycles. The second kappa shape index (κ2) is 5.70. The summed E-state index contributed by atoms with van der Waals surface area (Å²) >= 11 is 5.10. The third-order valence-electron chi connectivity index (χ3n) is 3.93. The predicted octanol–water partition coefficient (Wildman–Crippen LogP) is 2.58. The van der Waals surface area contributed by atoms with Crippen molar-refractivity contribution in [3.05, 3.63) is 34.9 Å². The molecule has 0 aliphatic carbocycles. The lowest BCUT2D eigenvalue weighted by Crippen LogP contribution is -2.50. The van der Waals surface area contributed by atoms with Crippen molar-refractivity contribution in [1.82, 2.24) is 4.90 Å². The van der Waals surface area contributed by atoms with E-state index in [2.05, 4.69) is 0 Å². The standard InChI is InChI=1S/C15H20N2OS/c1-10-6-5-7-12(11(10)2)15(18)17-9-4-3-8-13(17)14(16)19/h5-7,13H,3-4,8-9H2,1-2H3,(H2,16,19). The van der Waals surface area contributed by atoms with Crippen molar-refractivity contribution in [2.75, 3.05) is 6.54 Å². The zero-order valence-corrected chi connectivity index (χ0v) is 12.3. The summed E-state index contributed by atoms with van der Waals surface area (Å²) in [6.07, 6.45) is 2.99. The molecule has 3 nitrogen and oxygen atoms in total. The molecule has 0 bridgehead atoms. The Balaban J connectivity index is 2.31. The Labute approximate surface area is 119 Å². The number of nitrogens with zero attached hydrogens (tertiary/aromatic N) is 1. The molecular weight excluding hydrogens is 256 g/mol. The number of thiocarbonyl (C=S) groups is 1. The quantitative estimate of drug-likeness (QED) is 0.845. The number of piperidine rings is 1. The van der Waals surface area contributed by atoms with Crippen molar-refractivity contribution < 1.29 is 4.79 Å². The third-order valence-corrected chi connectivity index (χ3v) is 4.20. The SMILES string of the molecule is Cc1cccc(C(=O)N2CCCCC2C(N)=S)c1C. The molecule has 0 spiro atoms. The maximum Gasteiger partial charge on any atom is 0.254 e. The highest BCUT2D eigenvalue weighted by molar-refractivity contribution is 7.80. The van der Waals surface area contributed by atoms with Crippen molar-refractivity contribution in [1.29, 1.82) is 0 Å². The van der Waals surface area contributed by atoms with Crippen LogP contribution in [0.3, 0.4) is 0 Å². The average Bonchev–Trinajstić information content (AvgIpc) is 2.41. The molecule has 2 N–H and O–H groups in total. The van der Waals surface area contributed by atoms with Gasteiger partial charge in [0.05, 0.1) is 11.0 Å². The number of carbonyl (C=O) groups excluding carboxylic acids is 1. The number of nitrogens with two attached hydrogens (primary N) is 1. The molecule has 19 heavy (non-hydrogen) atoms. The van der Waals surface area contributed by atoms with Crippen LogP contribution in [0.4, 0.5) is 0 Å². The van der Waals surface area contributed by atoms with Crippen LogP contribution in [0, 0.1) is 13.8 Å². The molecule has 102 valence electrons. The van der Waals surface area contributed by atoms with Crippen molar-refractivity contribution in [2.24, 2.45) is 5.73 Å². The number of carbonyl (C=O) groups is 1. The molecule has 4 heteroatoms. The number of hydrogen-bond donors (Lipinski definition) is 1. The van der Waals surface area contributed by atoms with Gasteiger partial charge in [-0.05, 0) is 50.3 Å². The van der Waals surface area contributed by atoms with Crippen molar-refractivity contribution in [2.45, 2.75) is 39.2 Å². The molecule has 0 radical (unpaired) electrons. The van der Waals surface area contributed by atoms with E-state index in [1.165, 1.54) is 0 Å². The number of rotatable bonds is 2. The summed E-state index contributed by atoms with van der Waals surface area (Å²) in [5.41, 5.74) is 8.72. The predicted molar refractivity (Wildman–Crippen MR) is 81.4 cm³/mol. The van der Waals surface area contributed by atoms with E-state index in [0.717, 1.165) is 42.5 Å². The van der Waals surface area contributed by atoms with E-state index in [1.54, 1.807) is 0 Å². The normalized spacial score (nSPS) is 19.3. The van der Waals surface area contributed by atoms with Gasteiger partial charge in [-0.15, -0.1) is 0 Å². The summed E-state index contributed by atoms with van der Waals surface area (Å²) in [5, 5.41) is 0. The molecule has 1 heterocycles. The van der Waals surface area contributed by atoms with Crippen LogP contribution < -0.4 is 5.73 Å². The molecule has 1 amide bonds. The molecule has 1 aliphatic rings. The Bertz CT molecular complexity index is 513. The largest absolute Gasteiger partial charge is 0.392 e. The van der Waals surface area contributed by atoms with Crippen molar-refractivity contribution >= 4 is 23.1 Å². The first-order chi connectivity index (χ1) is 9.02. The summed E-state index contributed by atoms with van der Waals surface area (Å²) in [6.45, 7) is 4.75. The number of likely N-dealkylation sites (tertiary alicyclic amines) is 1. The van der Waals surface area contributed by atoms with Crippen LogP contribution in [0.15, 0.2) is 18.2 Å². The zero-order chi connectivity index (χ0) is 14.0. The first-order valence-corrected chi connectivity index (χ1v) is 7.09. The monoisotopic (exact) mass is 276 g/mol. The van der Waals surface area contributed by atoms with Crippen LogP contribution in [0.1, 0.15) is 40.7 Å². The van der Waals surface area contributed by atoms with Gasteiger partial charge >= 0.3 is 0 Å². The van der Waals surface area contributed by atoms with Gasteiger partial charge in [0, 0.05) is 12.1 Å². The molecule has 1 atom stereocenters. The maximum absolute atomic E-state index is 12.7. The van der Waals surface area contributed by atoms with Gasteiger partial charge in [0.1, 0.15) is 0 Å². The lowest BCUT2D eigenvalue weighted by Gasteiger charge is -2.35. The van der Waals surface area contributed by atoms with E-state index in [9.17, 15) is 4.79 Å². The van der Waals surface area contributed by atoms with Crippen LogP contribution in [0.2, 0.25) is 0 Å². The van der Waals surface area contributed by atoms with Gasteiger partial charge in [0.25, 0.3) is 5.91 Å². The van der Waals surface area contributed by atoms with Crippen LogP contribution in [-0.4, -0.2) is 28.4 Å². The first kappa shape index (κ1) is 14.0. The Hall–Kier alpha value is -1.42. The highest BCUT2D eigenvalue weighted by atomic mass is 32.1. The van der Waals surface area contributed by atoms with Gasteiger partial charge in [-0.25, -0.2) is 0 Å².